The lowest BCUT2D eigenvalue weighted by atomic mass is 10.0. The van der Waals surface area contributed by atoms with E-state index in [9.17, 15) is 0 Å². The topological polar surface area (TPSA) is 29.9 Å². The van der Waals surface area contributed by atoms with Crippen molar-refractivity contribution in [3.8, 4) is 0 Å². The van der Waals surface area contributed by atoms with Gasteiger partial charge >= 0.3 is 0 Å². The van der Waals surface area contributed by atoms with Crippen molar-refractivity contribution in [2.24, 2.45) is 5.92 Å². The molecule has 2 rings (SSSR count). The van der Waals surface area contributed by atoms with Gasteiger partial charge in [0.25, 0.3) is 0 Å². The van der Waals surface area contributed by atoms with Crippen molar-refractivity contribution in [2.45, 2.75) is 39.9 Å². The Kier molecular flexibility index (Phi) is 4.55. The third-order valence-electron chi connectivity index (χ3n) is 3.14. The molecule has 3 nitrogen and oxygen atoms in total. The smallest absolute Gasteiger partial charge is 0.122 e. The number of aromatic nitrogens is 2. The highest BCUT2D eigenvalue weighted by molar-refractivity contribution is 7.10. The molecule has 0 saturated heterocycles. The second kappa shape index (κ2) is 6.16. The number of nitrogens with one attached hydrogen (secondary N) is 1. The fraction of sp³-hybridized carbons (Fsp3) is 0.500. The monoisotopic (exact) mass is 263 g/mol. The Hall–Kier alpha value is -1.13. The summed E-state index contributed by atoms with van der Waals surface area (Å²) in [7, 11) is 0. The first kappa shape index (κ1) is 13.3. The first-order valence-corrected chi connectivity index (χ1v) is 7.37. The molecule has 1 unspecified atom stereocenters. The van der Waals surface area contributed by atoms with Gasteiger partial charge in [-0.2, -0.15) is 0 Å². The van der Waals surface area contributed by atoms with Crippen LogP contribution in [0.5, 0.6) is 0 Å². The van der Waals surface area contributed by atoms with E-state index >= 15 is 0 Å². The molecule has 0 amide bonds. The summed E-state index contributed by atoms with van der Waals surface area (Å²) in [5.41, 5.74) is 0. The lowest BCUT2D eigenvalue weighted by Crippen LogP contribution is -2.26. The summed E-state index contributed by atoms with van der Waals surface area (Å²) in [5, 5.41) is 5.76. The molecule has 2 aromatic rings. The molecular weight excluding hydrogens is 242 g/mol. The van der Waals surface area contributed by atoms with Gasteiger partial charge in [0, 0.05) is 29.9 Å². The Morgan fingerprint density at radius 3 is 2.89 bits per heavy atom. The predicted octanol–water partition coefficient (Wildman–Crippen LogP) is 3.45. The van der Waals surface area contributed by atoms with Crippen LogP contribution in [0, 0.1) is 5.92 Å². The predicted molar refractivity (Wildman–Crippen MR) is 76.6 cm³/mol. The summed E-state index contributed by atoms with van der Waals surface area (Å²) < 4.78 is 2.18. The molecule has 1 N–H and O–H groups in total. The minimum Gasteiger partial charge on any atom is -0.334 e. The summed E-state index contributed by atoms with van der Waals surface area (Å²) in [6.45, 7) is 8.45. The van der Waals surface area contributed by atoms with Gasteiger partial charge < -0.3 is 9.88 Å². The summed E-state index contributed by atoms with van der Waals surface area (Å²) in [4.78, 5) is 5.81. The number of thiophene rings is 1. The maximum absolute atomic E-state index is 4.40. The number of hydrogen-bond donors (Lipinski definition) is 1. The van der Waals surface area contributed by atoms with Gasteiger partial charge in [0.05, 0.1) is 6.54 Å². The van der Waals surface area contributed by atoms with Crippen LogP contribution in [0.15, 0.2) is 29.9 Å². The lowest BCUT2D eigenvalue weighted by molar-refractivity contribution is 0.407. The molecule has 0 radical (unpaired) electrons. The number of hydrogen-bond acceptors (Lipinski definition) is 3. The first-order chi connectivity index (χ1) is 8.72. The average Bonchev–Trinajstić information content (AvgIpc) is 2.99. The highest BCUT2D eigenvalue weighted by atomic mass is 32.1. The standard InChI is InChI=1S/C14H21N3S/c1-4-17-8-7-15-13(17)10-16-14(11(2)3)12-6-5-9-18-12/h5-9,11,14,16H,4,10H2,1-3H3. The van der Waals surface area contributed by atoms with Crippen LogP contribution in [0.1, 0.15) is 37.5 Å². The Bertz CT molecular complexity index is 459. The van der Waals surface area contributed by atoms with Crippen LogP contribution in [0.4, 0.5) is 0 Å². The maximum atomic E-state index is 4.40. The minimum atomic E-state index is 0.409. The van der Waals surface area contributed by atoms with Gasteiger partial charge in [0.15, 0.2) is 0 Å². The molecule has 0 aliphatic rings. The molecule has 0 saturated carbocycles. The summed E-state index contributed by atoms with van der Waals surface area (Å²) in [6.07, 6.45) is 3.91. The zero-order valence-electron chi connectivity index (χ0n) is 11.3. The molecule has 0 fully saturated rings. The molecule has 18 heavy (non-hydrogen) atoms. The molecule has 1 atom stereocenters. The Morgan fingerprint density at radius 2 is 2.28 bits per heavy atom. The van der Waals surface area contributed by atoms with Crippen molar-refractivity contribution >= 4 is 11.3 Å². The zero-order valence-corrected chi connectivity index (χ0v) is 12.1. The fourth-order valence-electron chi connectivity index (χ4n) is 2.13. The van der Waals surface area contributed by atoms with E-state index in [1.807, 2.05) is 23.7 Å². The van der Waals surface area contributed by atoms with Crippen molar-refractivity contribution in [3.63, 3.8) is 0 Å². The second-order valence-corrected chi connectivity index (χ2v) is 5.73. The Balaban J connectivity index is 2.03. The van der Waals surface area contributed by atoms with Crippen molar-refractivity contribution in [2.75, 3.05) is 0 Å². The van der Waals surface area contributed by atoms with Gasteiger partial charge in [-0.3, -0.25) is 0 Å². The van der Waals surface area contributed by atoms with Crippen LogP contribution in [0.25, 0.3) is 0 Å². The van der Waals surface area contributed by atoms with Gasteiger partial charge in [0.1, 0.15) is 5.82 Å². The molecule has 4 heteroatoms. The third-order valence-corrected chi connectivity index (χ3v) is 4.09. The largest absolute Gasteiger partial charge is 0.334 e. The van der Waals surface area contributed by atoms with Crippen LogP contribution in [0.3, 0.4) is 0 Å². The molecule has 2 heterocycles. The number of nitrogens with zero attached hydrogens (tertiary/aromatic N) is 2. The molecule has 98 valence electrons. The van der Waals surface area contributed by atoms with Crippen LogP contribution in [0.2, 0.25) is 0 Å². The van der Waals surface area contributed by atoms with Gasteiger partial charge in [0.2, 0.25) is 0 Å². The Labute approximate surface area is 113 Å². The SMILES string of the molecule is CCn1ccnc1CNC(c1cccs1)C(C)C. The van der Waals surface area contributed by atoms with E-state index in [1.165, 1.54) is 4.88 Å². The third kappa shape index (κ3) is 3.00. The molecular formula is C14H21N3S. The van der Waals surface area contributed by atoms with E-state index in [0.29, 0.717) is 12.0 Å². The van der Waals surface area contributed by atoms with Gasteiger partial charge in [-0.1, -0.05) is 19.9 Å². The van der Waals surface area contributed by atoms with E-state index in [2.05, 4.69) is 53.2 Å². The highest BCUT2D eigenvalue weighted by Gasteiger charge is 2.16. The van der Waals surface area contributed by atoms with Gasteiger partial charge in [-0.15, -0.1) is 11.3 Å². The van der Waals surface area contributed by atoms with Crippen LogP contribution in [-0.4, -0.2) is 9.55 Å². The van der Waals surface area contributed by atoms with Crippen molar-refractivity contribution in [3.05, 3.63) is 40.6 Å². The Morgan fingerprint density at radius 1 is 1.44 bits per heavy atom. The van der Waals surface area contributed by atoms with Crippen molar-refractivity contribution in [1.82, 2.24) is 14.9 Å². The zero-order chi connectivity index (χ0) is 13.0. The molecule has 0 spiro atoms. The van der Waals surface area contributed by atoms with Crippen LogP contribution < -0.4 is 5.32 Å². The molecule has 0 bridgehead atoms. The summed E-state index contributed by atoms with van der Waals surface area (Å²) >= 11 is 1.82. The molecule has 2 aromatic heterocycles. The summed E-state index contributed by atoms with van der Waals surface area (Å²) in [5.74, 6) is 1.69. The van der Waals surface area contributed by atoms with E-state index in [-0.39, 0.29) is 0 Å². The van der Waals surface area contributed by atoms with Crippen LogP contribution >= 0.6 is 11.3 Å². The highest BCUT2D eigenvalue weighted by Crippen LogP contribution is 2.25. The van der Waals surface area contributed by atoms with Gasteiger partial charge in [-0.25, -0.2) is 4.98 Å². The average molecular weight is 263 g/mol. The fourth-order valence-corrected chi connectivity index (χ4v) is 3.10. The summed E-state index contributed by atoms with van der Waals surface area (Å²) in [6, 6.07) is 4.73. The lowest BCUT2D eigenvalue weighted by Gasteiger charge is -2.21. The number of rotatable bonds is 6. The normalized spacial score (nSPS) is 13.1. The molecule has 0 aliphatic carbocycles. The maximum Gasteiger partial charge on any atom is 0.122 e. The minimum absolute atomic E-state index is 0.409. The number of imidazole rings is 1. The molecule has 0 aliphatic heterocycles. The van der Waals surface area contributed by atoms with E-state index in [1.54, 1.807) is 0 Å². The van der Waals surface area contributed by atoms with Crippen LogP contribution in [-0.2, 0) is 13.1 Å². The number of aryl methyl sites for hydroxylation is 1. The van der Waals surface area contributed by atoms with E-state index in [4.69, 9.17) is 0 Å². The van der Waals surface area contributed by atoms with Crippen molar-refractivity contribution < 1.29 is 0 Å². The van der Waals surface area contributed by atoms with Gasteiger partial charge in [-0.05, 0) is 24.3 Å². The first-order valence-electron chi connectivity index (χ1n) is 6.49. The van der Waals surface area contributed by atoms with E-state index in [0.717, 1.165) is 18.9 Å². The van der Waals surface area contributed by atoms with E-state index < -0.39 is 0 Å². The molecule has 0 aromatic carbocycles. The quantitative estimate of drug-likeness (QED) is 0.865. The van der Waals surface area contributed by atoms with Crippen molar-refractivity contribution in [1.29, 1.82) is 0 Å². The second-order valence-electron chi connectivity index (χ2n) is 4.75.